The lowest BCUT2D eigenvalue weighted by atomic mass is 9.80. The summed E-state index contributed by atoms with van der Waals surface area (Å²) in [5.74, 6) is 2.21. The Kier molecular flexibility index (Phi) is 17.5. The van der Waals surface area contributed by atoms with Gasteiger partial charge in [0.2, 0.25) is 5.95 Å². The van der Waals surface area contributed by atoms with Crippen LogP contribution in [0.15, 0.2) is 399 Å². The summed E-state index contributed by atoms with van der Waals surface area (Å²) in [5, 5.41) is 12.4. The van der Waals surface area contributed by atoms with E-state index in [0.717, 1.165) is 157 Å². The van der Waals surface area contributed by atoms with Gasteiger partial charge in [-0.05, 0) is 159 Å². The molecule has 0 unspecified atom stereocenters. The second-order valence-corrected chi connectivity index (χ2v) is 40.1. The molecule has 11 heteroatoms. The maximum Gasteiger partial charge on any atom is 0.235 e. The minimum absolute atomic E-state index is 0.127. The fraction of sp³-hybridized carbons (Fsp3) is 0.0952. The summed E-state index contributed by atoms with van der Waals surface area (Å²) in [6, 6.07) is 141. The van der Waals surface area contributed by atoms with Crippen molar-refractivity contribution in [2.75, 3.05) is 0 Å². The van der Waals surface area contributed by atoms with Crippen molar-refractivity contribution in [3.63, 3.8) is 0 Å². The number of para-hydroxylation sites is 4. The minimum atomic E-state index is -0.253. The van der Waals surface area contributed by atoms with Crippen LogP contribution >= 0.6 is 11.3 Å². The minimum Gasteiger partial charge on any atom is -0.455 e. The van der Waals surface area contributed by atoms with E-state index in [-0.39, 0.29) is 21.7 Å². The Balaban J connectivity index is 0.000000104. The average molecular weight is 1780 g/mol. The van der Waals surface area contributed by atoms with Gasteiger partial charge in [0.15, 0.2) is 11.6 Å². The second-order valence-electron chi connectivity index (χ2n) is 39.0. The highest BCUT2D eigenvalue weighted by Crippen LogP contribution is 2.58. The Labute approximate surface area is 795 Å². The molecule has 0 aliphatic heterocycles. The first-order valence-electron chi connectivity index (χ1n) is 47.3. The zero-order valence-electron chi connectivity index (χ0n) is 76.9. The molecular weight excluding hydrogens is 1690 g/mol. The second kappa shape index (κ2) is 30.0. The van der Waals surface area contributed by atoms with Crippen molar-refractivity contribution in [3.05, 3.63) is 439 Å². The van der Waals surface area contributed by atoms with E-state index < -0.39 is 0 Å². The molecule has 0 saturated carbocycles. The Hall–Kier alpha value is -16.6. The Morgan fingerprint density at radius 3 is 1.12 bits per heavy atom. The van der Waals surface area contributed by atoms with Crippen molar-refractivity contribution in [3.8, 4) is 118 Å². The quantitative estimate of drug-likeness (QED) is 0.149. The molecule has 0 radical (unpaired) electrons. The smallest absolute Gasteiger partial charge is 0.235 e. The number of thiophene rings is 1. The van der Waals surface area contributed by atoms with E-state index in [9.17, 15) is 0 Å². The maximum atomic E-state index is 6.49. The Morgan fingerprint density at radius 2 is 0.613 bits per heavy atom. The molecule has 17 aromatic carbocycles. The van der Waals surface area contributed by atoms with Crippen LogP contribution in [0.1, 0.15) is 100 Å². The molecule has 4 aliphatic carbocycles. The van der Waals surface area contributed by atoms with Crippen LogP contribution in [0, 0.1) is 0 Å². The molecule has 137 heavy (non-hydrogen) atoms. The van der Waals surface area contributed by atoms with E-state index >= 15 is 0 Å². The molecule has 10 nitrogen and oxygen atoms in total. The van der Waals surface area contributed by atoms with Crippen LogP contribution in [0.4, 0.5) is 0 Å². The zero-order valence-corrected chi connectivity index (χ0v) is 77.7. The highest BCUT2D eigenvalue weighted by molar-refractivity contribution is 7.26. The third-order valence-electron chi connectivity index (χ3n) is 29.9. The summed E-state index contributed by atoms with van der Waals surface area (Å²) in [6.45, 7) is 18.4. The van der Waals surface area contributed by atoms with E-state index in [1.165, 1.54) is 114 Å². The fourth-order valence-corrected chi connectivity index (χ4v) is 24.7. The molecule has 8 heterocycles. The summed E-state index contributed by atoms with van der Waals surface area (Å²) < 4.78 is 16.2. The molecule has 0 N–H and O–H groups in total. The molecule has 650 valence electrons. The molecule has 8 aromatic heterocycles. The molecule has 29 rings (SSSR count). The third-order valence-corrected chi connectivity index (χ3v) is 31.1. The summed E-state index contributed by atoms with van der Waals surface area (Å²) in [6.07, 6.45) is 0. The van der Waals surface area contributed by atoms with Gasteiger partial charge in [-0.3, -0.25) is 4.57 Å². The van der Waals surface area contributed by atoms with Crippen molar-refractivity contribution in [1.29, 1.82) is 0 Å². The van der Waals surface area contributed by atoms with Gasteiger partial charge in [-0.15, -0.1) is 11.3 Å². The zero-order chi connectivity index (χ0) is 91.6. The van der Waals surface area contributed by atoms with Gasteiger partial charge in [0.05, 0.1) is 72.6 Å². The van der Waals surface area contributed by atoms with Crippen LogP contribution in [-0.2, 0) is 21.7 Å². The molecule has 0 saturated heterocycles. The molecule has 0 atom stereocenters. The van der Waals surface area contributed by atoms with Crippen molar-refractivity contribution < 1.29 is 4.42 Å². The van der Waals surface area contributed by atoms with Crippen LogP contribution in [0.3, 0.4) is 0 Å². The lowest BCUT2D eigenvalue weighted by Crippen LogP contribution is -2.18. The van der Waals surface area contributed by atoms with Gasteiger partial charge in [0.25, 0.3) is 0 Å². The fourth-order valence-electron chi connectivity index (χ4n) is 23.5. The predicted octanol–water partition coefficient (Wildman–Crippen LogP) is 32.5. The maximum absolute atomic E-state index is 6.49. The normalized spacial score (nSPS) is 14.1. The Bertz CT molecular complexity index is 9020. The van der Waals surface area contributed by atoms with Crippen LogP contribution in [-0.4, -0.2) is 43.6 Å². The van der Waals surface area contributed by atoms with E-state index in [2.05, 4.69) is 451 Å². The van der Waals surface area contributed by atoms with Crippen LogP contribution in [0.25, 0.3) is 226 Å². The lowest BCUT2D eigenvalue weighted by Gasteiger charge is -2.23. The van der Waals surface area contributed by atoms with Gasteiger partial charge in [0, 0.05) is 135 Å². The first-order valence-corrected chi connectivity index (χ1v) is 48.1. The number of benzene rings is 17. The van der Waals surface area contributed by atoms with Crippen LogP contribution < -0.4 is 0 Å². The predicted molar refractivity (Wildman–Crippen MR) is 567 cm³/mol. The highest BCUT2D eigenvalue weighted by atomic mass is 32.1. The lowest BCUT2D eigenvalue weighted by molar-refractivity contribution is 0.632. The van der Waals surface area contributed by atoms with Gasteiger partial charge in [0.1, 0.15) is 11.2 Å². The number of hydrogen-bond acceptors (Lipinski definition) is 8. The number of rotatable bonds is 8. The third kappa shape index (κ3) is 11.8. The van der Waals surface area contributed by atoms with Gasteiger partial charge in [-0.2, -0.15) is 0 Å². The van der Waals surface area contributed by atoms with Crippen LogP contribution in [0.2, 0.25) is 0 Å². The van der Waals surface area contributed by atoms with Gasteiger partial charge in [-0.25, -0.2) is 29.9 Å². The van der Waals surface area contributed by atoms with E-state index in [0.29, 0.717) is 0 Å². The largest absolute Gasteiger partial charge is 0.455 e. The van der Waals surface area contributed by atoms with E-state index in [1.54, 1.807) is 0 Å². The van der Waals surface area contributed by atoms with Crippen molar-refractivity contribution in [2.45, 2.75) is 77.0 Å². The summed E-state index contributed by atoms with van der Waals surface area (Å²) in [4.78, 5) is 32.1. The molecule has 25 aromatic rings. The highest BCUT2D eigenvalue weighted by Gasteiger charge is 2.45. The van der Waals surface area contributed by atoms with Gasteiger partial charge < -0.3 is 13.6 Å². The number of aromatic nitrogens is 9. The number of hydrogen-bond donors (Lipinski definition) is 0. The number of furan rings is 1. The summed E-state index contributed by atoms with van der Waals surface area (Å²) >= 11 is 1.89. The van der Waals surface area contributed by atoms with Crippen molar-refractivity contribution in [2.24, 2.45) is 0 Å². The number of fused-ring (bicyclic) bond motifs is 30. The van der Waals surface area contributed by atoms with Gasteiger partial charge in [-0.1, -0.05) is 347 Å². The Morgan fingerprint density at radius 1 is 0.241 bits per heavy atom. The van der Waals surface area contributed by atoms with Crippen molar-refractivity contribution >= 4 is 119 Å². The van der Waals surface area contributed by atoms with E-state index in [1.807, 2.05) is 23.5 Å². The standard InChI is InChI=1S/C43H29N3O.C43H29N3S.C40H31N3/c2*1-43(2)33-17-9-6-15-31(33)38-39(26-12-4-3-5-13-26)44-42(45-41(38)43)27-20-22-28(23-21-27)46-34-18-10-7-16-32(34)37-35(46)25-24-30-29-14-8-11-19-36(29)47-40(30)37;1-39(2)29-19-11-8-16-25(29)26-22-23-32-33(35(26)39)28-18-10-13-21-31(28)43(32)38-41-36(24-14-6-5-7-15-24)34-27-17-9-12-20-30(27)40(3,4)37(34)42-38/h2*3-25H,1-2H3;5-23H,1-4H3. The molecule has 0 bridgehead atoms. The van der Waals surface area contributed by atoms with Crippen LogP contribution in [0.5, 0.6) is 0 Å². The first kappa shape index (κ1) is 80.1. The molecule has 0 spiro atoms. The monoisotopic (exact) mass is 1780 g/mol. The number of nitrogens with zero attached hydrogens (tertiary/aromatic N) is 9. The van der Waals surface area contributed by atoms with Gasteiger partial charge >= 0.3 is 0 Å². The topological polar surface area (TPSA) is 105 Å². The summed E-state index contributed by atoms with van der Waals surface area (Å²) in [5.41, 5.74) is 38.1. The SMILES string of the molecule is CC1(C)c2ccccc2-c2c(-c3ccccc3)nc(-c3ccc(-n4c5ccccc5c5c6oc7ccccc7c6ccc54)cc3)nc21.CC1(C)c2ccccc2-c2c(-c3ccccc3)nc(-c3ccc(-n4c5ccccc5c5c6sc7ccccc7c6ccc54)cc3)nc21.CC1(C)c2ccccc2-c2c(-c3ccccc3)nc(-n3c4ccccc4c4c5c(ccc43)-c3ccccc3C5(C)C)nc21. The molecule has 0 amide bonds. The molecule has 0 fully saturated rings. The molecule has 4 aliphatic rings. The summed E-state index contributed by atoms with van der Waals surface area (Å²) in [7, 11) is 0. The first-order chi connectivity index (χ1) is 67.0. The molecular formula is C126H89N9OS. The average Bonchev–Trinajstić information content (AvgIpc) is 1.52. The van der Waals surface area contributed by atoms with E-state index in [4.69, 9.17) is 34.3 Å². The van der Waals surface area contributed by atoms with Crippen molar-refractivity contribution in [1.82, 2.24) is 43.6 Å².